The molecule has 4 aromatic heterocycles. The van der Waals surface area contributed by atoms with Gasteiger partial charge in [-0.1, -0.05) is 11.3 Å². The molecular weight excluding hydrogens is 474 g/mol. The Morgan fingerprint density at radius 2 is 1.97 bits per heavy atom. The summed E-state index contributed by atoms with van der Waals surface area (Å²) in [6.45, 7) is 3.36. The molecule has 1 saturated heterocycles. The number of hydrogen-bond donors (Lipinski definition) is 2. The van der Waals surface area contributed by atoms with Gasteiger partial charge < -0.3 is 15.5 Å². The lowest BCUT2D eigenvalue weighted by Gasteiger charge is -2.37. The summed E-state index contributed by atoms with van der Waals surface area (Å²) < 4.78 is 1.78. The zero-order valence-corrected chi connectivity index (χ0v) is 20.8. The molecule has 11 heteroatoms. The Kier molecular flexibility index (Phi) is 5.53. The third kappa shape index (κ3) is 3.83. The highest BCUT2D eigenvalue weighted by atomic mass is 32.1. The van der Waals surface area contributed by atoms with Crippen molar-refractivity contribution < 1.29 is 4.79 Å². The molecule has 5 heterocycles. The largest absolute Gasteiger partial charge is 0.387 e. The summed E-state index contributed by atoms with van der Waals surface area (Å²) in [5, 5.41) is 30.7. The molecule has 0 aromatic carbocycles. The zero-order chi connectivity index (χ0) is 24.8. The van der Waals surface area contributed by atoms with Crippen LogP contribution in [0, 0.1) is 23.2 Å². The number of amides is 1. The maximum Gasteiger partial charge on any atom is 0.217 e. The van der Waals surface area contributed by atoms with Gasteiger partial charge in [0.2, 0.25) is 11.0 Å². The van der Waals surface area contributed by atoms with Crippen LogP contribution in [0.2, 0.25) is 0 Å². The SMILES string of the molecule is CNc1cc(-c2ccc3cc(C#N)cnn23)ncc1-c1nnc(N2CC3CCC(C2)C3NC(C)=O)s1. The quantitative estimate of drug-likeness (QED) is 0.429. The Labute approximate surface area is 212 Å². The Balaban J connectivity index is 1.26. The normalized spacial score (nSPS) is 20.9. The zero-order valence-electron chi connectivity index (χ0n) is 20.0. The fourth-order valence-electron chi connectivity index (χ4n) is 5.53. The van der Waals surface area contributed by atoms with E-state index in [2.05, 4.69) is 36.9 Å². The van der Waals surface area contributed by atoms with Crippen molar-refractivity contribution in [3.05, 3.63) is 42.2 Å². The molecule has 1 aliphatic heterocycles. The number of carbonyl (C=O) groups is 1. The summed E-state index contributed by atoms with van der Waals surface area (Å²) >= 11 is 1.57. The lowest BCUT2D eigenvalue weighted by atomic mass is 9.92. The van der Waals surface area contributed by atoms with Crippen molar-refractivity contribution in [2.24, 2.45) is 11.8 Å². The standard InChI is InChI=1S/C25H25N9OS/c1-14(35)30-23-16-3-4-17(23)13-33(12-16)25-32-31-24(36-25)19-11-28-21(8-20(19)27-2)22-6-5-18-7-15(9-26)10-29-34(18)22/h5-8,10-11,16-17,23H,3-4,12-13H2,1-2H3,(H,27,28)(H,30,35). The molecule has 36 heavy (non-hydrogen) atoms. The van der Waals surface area contributed by atoms with Crippen LogP contribution in [0.1, 0.15) is 25.3 Å². The van der Waals surface area contributed by atoms with Crippen LogP contribution in [0.3, 0.4) is 0 Å². The number of piperidine rings is 1. The second-order valence-electron chi connectivity index (χ2n) is 9.40. The number of pyridine rings is 1. The van der Waals surface area contributed by atoms with Gasteiger partial charge in [-0.15, -0.1) is 10.2 Å². The van der Waals surface area contributed by atoms with Crippen molar-refractivity contribution in [3.63, 3.8) is 0 Å². The predicted molar refractivity (Wildman–Crippen MR) is 138 cm³/mol. The Morgan fingerprint density at radius 1 is 1.17 bits per heavy atom. The molecular formula is C25H25N9OS. The van der Waals surface area contributed by atoms with E-state index in [9.17, 15) is 4.79 Å². The Bertz CT molecular complexity index is 1490. The molecule has 2 fully saturated rings. The number of carbonyl (C=O) groups excluding carboxylic acids is 1. The second-order valence-corrected chi connectivity index (χ2v) is 10.4. The van der Waals surface area contributed by atoms with Crippen LogP contribution in [0.15, 0.2) is 36.7 Å². The van der Waals surface area contributed by atoms with Crippen molar-refractivity contribution in [2.75, 3.05) is 30.4 Å². The van der Waals surface area contributed by atoms with E-state index >= 15 is 0 Å². The number of rotatable bonds is 5. The molecule has 2 atom stereocenters. The summed E-state index contributed by atoms with van der Waals surface area (Å²) in [5.74, 6) is 0.946. The molecule has 0 spiro atoms. The lowest BCUT2D eigenvalue weighted by molar-refractivity contribution is -0.120. The van der Waals surface area contributed by atoms with E-state index in [4.69, 9.17) is 10.2 Å². The molecule has 2 N–H and O–H groups in total. The van der Waals surface area contributed by atoms with Gasteiger partial charge in [-0.2, -0.15) is 10.4 Å². The summed E-state index contributed by atoms with van der Waals surface area (Å²) in [6.07, 6.45) is 5.64. The van der Waals surface area contributed by atoms with E-state index < -0.39 is 0 Å². The molecule has 2 unspecified atom stereocenters. The van der Waals surface area contributed by atoms with Crippen LogP contribution in [-0.2, 0) is 4.79 Å². The molecule has 182 valence electrons. The minimum Gasteiger partial charge on any atom is -0.387 e. The van der Waals surface area contributed by atoms with Crippen molar-refractivity contribution in [1.82, 2.24) is 30.1 Å². The summed E-state index contributed by atoms with van der Waals surface area (Å²) in [4.78, 5) is 18.6. The third-order valence-corrected chi connectivity index (χ3v) is 8.20. The van der Waals surface area contributed by atoms with Crippen molar-refractivity contribution >= 4 is 33.6 Å². The monoisotopic (exact) mass is 499 g/mol. The Hall–Kier alpha value is -4.04. The van der Waals surface area contributed by atoms with Crippen LogP contribution in [0.4, 0.5) is 10.8 Å². The van der Waals surface area contributed by atoms with Gasteiger partial charge in [-0.25, -0.2) is 4.52 Å². The van der Waals surface area contributed by atoms with Gasteiger partial charge in [0.15, 0.2) is 5.01 Å². The molecule has 2 bridgehead atoms. The average Bonchev–Trinajstić information content (AvgIpc) is 3.59. The first-order valence-corrected chi connectivity index (χ1v) is 12.8. The molecule has 2 aliphatic rings. The predicted octanol–water partition coefficient (Wildman–Crippen LogP) is 3.18. The first-order chi connectivity index (χ1) is 17.5. The first-order valence-electron chi connectivity index (χ1n) is 12.0. The van der Waals surface area contributed by atoms with Crippen LogP contribution >= 0.6 is 11.3 Å². The van der Waals surface area contributed by atoms with Gasteiger partial charge in [0, 0.05) is 45.0 Å². The van der Waals surface area contributed by atoms with Gasteiger partial charge in [-0.05, 0) is 48.9 Å². The molecule has 1 amide bonds. The fraction of sp³-hybridized carbons (Fsp3) is 0.360. The maximum atomic E-state index is 11.6. The molecule has 0 radical (unpaired) electrons. The second kappa shape index (κ2) is 8.87. The van der Waals surface area contributed by atoms with Crippen LogP contribution in [-0.4, -0.2) is 56.9 Å². The van der Waals surface area contributed by atoms with Gasteiger partial charge in [-0.3, -0.25) is 9.78 Å². The number of nitrogens with one attached hydrogen (secondary N) is 2. The van der Waals surface area contributed by atoms with Crippen molar-refractivity contribution in [3.8, 4) is 28.0 Å². The molecule has 6 rings (SSSR count). The molecule has 10 nitrogen and oxygen atoms in total. The highest BCUT2D eigenvalue weighted by Gasteiger charge is 2.43. The summed E-state index contributed by atoms with van der Waals surface area (Å²) in [7, 11) is 1.88. The molecule has 1 aliphatic carbocycles. The highest BCUT2D eigenvalue weighted by Crippen LogP contribution is 2.41. The number of nitriles is 1. The lowest BCUT2D eigenvalue weighted by Crippen LogP contribution is -2.52. The van der Waals surface area contributed by atoms with Gasteiger partial charge in [0.25, 0.3) is 0 Å². The topological polar surface area (TPSA) is 124 Å². The minimum atomic E-state index is 0.0509. The number of anilines is 2. The van der Waals surface area contributed by atoms with Crippen molar-refractivity contribution in [1.29, 1.82) is 5.26 Å². The van der Waals surface area contributed by atoms with E-state index in [1.165, 1.54) is 0 Å². The smallest absolute Gasteiger partial charge is 0.217 e. The number of aromatic nitrogens is 5. The summed E-state index contributed by atoms with van der Waals surface area (Å²) in [5.41, 5.74) is 4.75. The minimum absolute atomic E-state index is 0.0509. The number of hydrogen-bond acceptors (Lipinski definition) is 9. The van der Waals surface area contributed by atoms with Crippen LogP contribution in [0.5, 0.6) is 0 Å². The molecule has 1 saturated carbocycles. The van der Waals surface area contributed by atoms with Gasteiger partial charge >= 0.3 is 0 Å². The van der Waals surface area contributed by atoms with Crippen LogP contribution < -0.4 is 15.5 Å². The fourth-order valence-corrected chi connectivity index (χ4v) is 6.42. The highest BCUT2D eigenvalue weighted by molar-refractivity contribution is 7.18. The number of fused-ring (bicyclic) bond motifs is 3. The Morgan fingerprint density at radius 3 is 2.69 bits per heavy atom. The van der Waals surface area contributed by atoms with E-state index in [-0.39, 0.29) is 11.9 Å². The maximum absolute atomic E-state index is 11.6. The molecule has 4 aromatic rings. The van der Waals surface area contributed by atoms with E-state index in [0.717, 1.165) is 64.2 Å². The van der Waals surface area contributed by atoms with E-state index in [1.807, 2.05) is 31.4 Å². The van der Waals surface area contributed by atoms with Crippen molar-refractivity contribution in [2.45, 2.75) is 25.8 Å². The van der Waals surface area contributed by atoms with E-state index in [1.54, 1.807) is 35.0 Å². The van der Waals surface area contributed by atoms with Crippen LogP contribution in [0.25, 0.3) is 27.5 Å². The average molecular weight is 500 g/mol. The van der Waals surface area contributed by atoms with Gasteiger partial charge in [0.05, 0.1) is 34.2 Å². The first kappa shape index (κ1) is 22.4. The number of nitrogens with zero attached hydrogens (tertiary/aromatic N) is 7. The summed E-state index contributed by atoms with van der Waals surface area (Å²) in [6, 6.07) is 10.1. The van der Waals surface area contributed by atoms with E-state index in [0.29, 0.717) is 17.4 Å². The third-order valence-electron chi connectivity index (χ3n) is 7.18. The van der Waals surface area contributed by atoms with Gasteiger partial charge in [0.1, 0.15) is 6.07 Å².